The first kappa shape index (κ1) is 35.3. The minimum absolute atomic E-state index is 0.0604. The highest BCUT2D eigenvalue weighted by Crippen LogP contribution is 2.42. The van der Waals surface area contributed by atoms with E-state index < -0.39 is 0 Å². The number of fused-ring (bicyclic) bond motifs is 2. The average Bonchev–Trinajstić information content (AvgIpc) is 3.86. The molecule has 4 N–H and O–H groups in total. The average molecular weight is 770 g/mol. The lowest BCUT2D eigenvalue weighted by Gasteiger charge is -2.15. The largest absolute Gasteiger partial charge is 0.352 e. The Hall–Kier alpha value is -4.78. The topological polar surface area (TPSA) is 134 Å². The maximum Gasteiger partial charge on any atom is 0.262 e. The fourth-order valence-corrected chi connectivity index (χ4v) is 8.00. The summed E-state index contributed by atoms with van der Waals surface area (Å²) in [7, 11) is 0. The maximum absolute atomic E-state index is 13.3. The summed E-state index contributed by atoms with van der Waals surface area (Å²) in [6, 6.07) is 19.4. The molecule has 0 bridgehead atoms. The SMILES string of the molecule is O=C1CC[C@@H](CNCc2nc3cc(-c4cccc(-c5cccc(-c6ccn7c(=O)c(CNC[C@@H]8CCC(=O)N8)cnc7c6)c5Cl)c4Cl)ccn3c2Cl)N1. The molecule has 270 valence electrons. The molecule has 11 nitrogen and oxygen atoms in total. The van der Waals surface area contributed by atoms with Gasteiger partial charge in [-0.3, -0.25) is 23.2 Å². The summed E-state index contributed by atoms with van der Waals surface area (Å²) < 4.78 is 3.36. The molecule has 53 heavy (non-hydrogen) atoms. The number of amides is 2. The Balaban J connectivity index is 1.02. The van der Waals surface area contributed by atoms with Crippen LogP contribution in [0.3, 0.4) is 0 Å². The standard InChI is InChI=1S/C39H35Cl3N8O3/c40-36-27(22-12-14-50-32(15-22)45-18-24(39(50)53)17-43-19-25-7-9-34(51)46-25)3-1-5-29(36)30-6-2-4-28(37(30)41)23-11-13-49-33(16-23)48-31(38(49)42)21-44-20-26-8-10-35(52)47-26/h1-6,11-16,18,25-26,43-44H,7-10,17,19-21H2,(H,46,51)(H,47,52)/t25-,26-/m0/s1. The Labute approximate surface area is 319 Å². The van der Waals surface area contributed by atoms with Gasteiger partial charge in [0.2, 0.25) is 11.8 Å². The number of halogens is 3. The van der Waals surface area contributed by atoms with Crippen LogP contribution in [0.4, 0.5) is 0 Å². The maximum atomic E-state index is 13.3. The number of nitrogens with zero attached hydrogens (tertiary/aromatic N) is 4. The number of carbonyl (C=O) groups is 2. The minimum atomic E-state index is -0.160. The fraction of sp³-hybridized carbons (Fsp3) is 0.256. The normalized spacial score (nSPS) is 17.2. The van der Waals surface area contributed by atoms with Gasteiger partial charge < -0.3 is 21.3 Å². The number of rotatable bonds is 11. The first-order valence-corrected chi connectivity index (χ1v) is 18.6. The molecule has 0 saturated carbocycles. The number of hydrogen-bond donors (Lipinski definition) is 4. The van der Waals surface area contributed by atoms with Crippen molar-refractivity contribution in [2.24, 2.45) is 0 Å². The van der Waals surface area contributed by atoms with Crippen LogP contribution in [0, 0.1) is 0 Å². The summed E-state index contributed by atoms with van der Waals surface area (Å²) in [6.07, 6.45) is 7.89. The monoisotopic (exact) mass is 768 g/mol. The lowest BCUT2D eigenvalue weighted by atomic mass is 9.96. The third-order valence-electron chi connectivity index (χ3n) is 9.88. The summed E-state index contributed by atoms with van der Waals surface area (Å²) in [5, 5.41) is 14.1. The van der Waals surface area contributed by atoms with E-state index in [9.17, 15) is 14.4 Å². The summed E-state index contributed by atoms with van der Waals surface area (Å²) in [5.41, 5.74) is 7.08. The summed E-state index contributed by atoms with van der Waals surface area (Å²) in [4.78, 5) is 45.6. The van der Waals surface area contributed by atoms with E-state index in [1.54, 1.807) is 12.4 Å². The lowest BCUT2D eigenvalue weighted by Crippen LogP contribution is -2.36. The Kier molecular flexibility index (Phi) is 9.93. The number of nitrogens with one attached hydrogen (secondary N) is 4. The van der Waals surface area contributed by atoms with E-state index in [2.05, 4.69) is 26.3 Å². The number of aromatic nitrogens is 4. The Bertz CT molecular complexity index is 2460. The Morgan fingerprint density at radius 3 is 1.83 bits per heavy atom. The number of imidazole rings is 1. The summed E-state index contributed by atoms with van der Waals surface area (Å²) in [6.45, 7) is 2.06. The van der Waals surface area contributed by atoms with E-state index in [1.807, 2.05) is 71.3 Å². The Morgan fingerprint density at radius 2 is 1.25 bits per heavy atom. The van der Waals surface area contributed by atoms with Gasteiger partial charge in [0.15, 0.2) is 0 Å². The van der Waals surface area contributed by atoms with E-state index >= 15 is 0 Å². The third kappa shape index (κ3) is 7.15. The van der Waals surface area contributed by atoms with Crippen LogP contribution >= 0.6 is 34.8 Å². The number of carbonyl (C=O) groups excluding carboxylic acids is 2. The van der Waals surface area contributed by atoms with E-state index in [0.717, 1.165) is 51.9 Å². The molecular weight excluding hydrogens is 735 g/mol. The molecule has 2 atom stereocenters. The molecule has 8 rings (SSSR count). The molecule has 6 heterocycles. The van der Waals surface area contributed by atoms with Gasteiger partial charge in [0, 0.05) is 97.5 Å². The number of benzene rings is 2. The zero-order valence-electron chi connectivity index (χ0n) is 28.5. The summed E-state index contributed by atoms with van der Waals surface area (Å²) >= 11 is 21.0. The molecule has 2 amide bonds. The fourth-order valence-electron chi connectivity index (χ4n) is 7.08. The smallest absolute Gasteiger partial charge is 0.262 e. The lowest BCUT2D eigenvalue weighted by molar-refractivity contribution is -0.120. The van der Waals surface area contributed by atoms with Gasteiger partial charge in [0.05, 0.1) is 15.7 Å². The van der Waals surface area contributed by atoms with Crippen molar-refractivity contribution in [3.63, 3.8) is 0 Å². The van der Waals surface area contributed by atoms with Crippen LogP contribution < -0.4 is 26.8 Å². The van der Waals surface area contributed by atoms with Crippen LogP contribution in [0.25, 0.3) is 44.7 Å². The molecule has 2 saturated heterocycles. The van der Waals surface area contributed by atoms with Gasteiger partial charge in [-0.2, -0.15) is 0 Å². The van der Waals surface area contributed by atoms with E-state index in [1.165, 1.54) is 4.40 Å². The van der Waals surface area contributed by atoms with Crippen LogP contribution in [0.1, 0.15) is 36.9 Å². The van der Waals surface area contributed by atoms with Crippen molar-refractivity contribution in [2.75, 3.05) is 13.1 Å². The predicted molar refractivity (Wildman–Crippen MR) is 207 cm³/mol. The molecule has 0 aliphatic carbocycles. The van der Waals surface area contributed by atoms with Crippen molar-refractivity contribution in [3.05, 3.63) is 116 Å². The zero-order valence-corrected chi connectivity index (χ0v) is 30.7. The van der Waals surface area contributed by atoms with Gasteiger partial charge in [-0.05, 0) is 48.2 Å². The number of hydrogen-bond acceptors (Lipinski definition) is 7. The molecule has 0 spiro atoms. The van der Waals surface area contributed by atoms with Crippen molar-refractivity contribution >= 4 is 57.9 Å². The van der Waals surface area contributed by atoms with Gasteiger partial charge in [-0.15, -0.1) is 0 Å². The second-order valence-electron chi connectivity index (χ2n) is 13.4. The first-order chi connectivity index (χ1) is 25.7. The van der Waals surface area contributed by atoms with Crippen LogP contribution in [-0.2, 0) is 22.7 Å². The molecule has 4 aromatic heterocycles. The molecule has 2 fully saturated rings. The molecule has 14 heteroatoms. The van der Waals surface area contributed by atoms with Crippen LogP contribution in [-0.4, -0.2) is 55.8 Å². The molecule has 2 aliphatic rings. The Morgan fingerprint density at radius 1 is 0.698 bits per heavy atom. The highest BCUT2D eigenvalue weighted by atomic mass is 35.5. The van der Waals surface area contributed by atoms with Gasteiger partial charge >= 0.3 is 0 Å². The van der Waals surface area contributed by atoms with E-state index in [0.29, 0.717) is 71.1 Å². The van der Waals surface area contributed by atoms with Crippen LogP contribution in [0.5, 0.6) is 0 Å². The molecule has 6 aromatic rings. The summed E-state index contributed by atoms with van der Waals surface area (Å²) in [5.74, 6) is 0.146. The quantitative estimate of drug-likeness (QED) is 0.126. The van der Waals surface area contributed by atoms with Gasteiger partial charge in [-0.1, -0.05) is 71.2 Å². The van der Waals surface area contributed by atoms with E-state index in [-0.39, 0.29) is 29.5 Å². The molecule has 2 aliphatic heterocycles. The molecular formula is C39H35Cl3N8O3. The van der Waals surface area contributed by atoms with Gasteiger partial charge in [0.1, 0.15) is 16.4 Å². The molecule has 2 aromatic carbocycles. The first-order valence-electron chi connectivity index (χ1n) is 17.5. The van der Waals surface area contributed by atoms with Crippen molar-refractivity contribution in [3.8, 4) is 33.4 Å². The second-order valence-corrected chi connectivity index (χ2v) is 14.5. The van der Waals surface area contributed by atoms with Crippen LogP contribution in [0.15, 0.2) is 84.0 Å². The van der Waals surface area contributed by atoms with Gasteiger partial charge in [0.25, 0.3) is 5.56 Å². The third-order valence-corrected chi connectivity index (χ3v) is 11.1. The second kappa shape index (κ2) is 14.9. The number of pyridine rings is 2. The molecule has 0 unspecified atom stereocenters. The van der Waals surface area contributed by atoms with Crippen molar-refractivity contribution in [1.29, 1.82) is 0 Å². The zero-order chi connectivity index (χ0) is 36.6. The van der Waals surface area contributed by atoms with Crippen molar-refractivity contribution < 1.29 is 9.59 Å². The highest BCUT2D eigenvalue weighted by molar-refractivity contribution is 6.39. The molecule has 0 radical (unpaired) electrons. The van der Waals surface area contributed by atoms with Crippen molar-refractivity contribution in [2.45, 2.75) is 50.9 Å². The highest BCUT2D eigenvalue weighted by Gasteiger charge is 2.22. The van der Waals surface area contributed by atoms with Gasteiger partial charge in [-0.25, -0.2) is 9.97 Å². The van der Waals surface area contributed by atoms with Crippen molar-refractivity contribution in [1.82, 2.24) is 40.0 Å². The van der Waals surface area contributed by atoms with Crippen LogP contribution in [0.2, 0.25) is 15.2 Å². The predicted octanol–water partition coefficient (Wildman–Crippen LogP) is 6.04. The minimum Gasteiger partial charge on any atom is -0.352 e. The van der Waals surface area contributed by atoms with E-state index in [4.69, 9.17) is 39.8 Å².